The molecule has 2 aromatic rings. The summed E-state index contributed by atoms with van der Waals surface area (Å²) in [6.07, 6.45) is 1.59. The molecular weight excluding hydrogens is 496 g/mol. The Bertz CT molecular complexity index is 1060. The minimum Gasteiger partial charge on any atom is -0.496 e. The smallest absolute Gasteiger partial charge is 0.294 e. The summed E-state index contributed by atoms with van der Waals surface area (Å²) in [7, 11) is 3.04. The summed E-state index contributed by atoms with van der Waals surface area (Å²) < 4.78 is 11.0. The van der Waals surface area contributed by atoms with Gasteiger partial charge in [-0.3, -0.25) is 19.3 Å². The van der Waals surface area contributed by atoms with Gasteiger partial charge in [0.25, 0.3) is 11.1 Å². The van der Waals surface area contributed by atoms with E-state index in [1.165, 1.54) is 13.2 Å². The number of nitrogens with one attached hydrogen (secondary N) is 1. The van der Waals surface area contributed by atoms with Crippen molar-refractivity contribution in [3.63, 3.8) is 0 Å². The van der Waals surface area contributed by atoms with Gasteiger partial charge in [-0.1, -0.05) is 17.7 Å². The van der Waals surface area contributed by atoms with Gasteiger partial charge in [-0.25, -0.2) is 0 Å². The average molecular weight is 512 g/mol. The van der Waals surface area contributed by atoms with E-state index in [1.54, 1.807) is 43.5 Å². The second kappa shape index (κ2) is 9.55. The SMILES string of the molecule is COc1ccc(NC(=O)CN2C(=O)S/C(=C/c3ccc(OC)c(Br)c3)C2=O)cc1Cl. The molecule has 0 atom stereocenters. The monoisotopic (exact) mass is 510 g/mol. The van der Waals surface area contributed by atoms with Gasteiger partial charge in [0.15, 0.2) is 0 Å². The van der Waals surface area contributed by atoms with Crippen molar-refractivity contribution in [3.05, 3.63) is 56.4 Å². The fraction of sp³-hybridized carbons (Fsp3) is 0.150. The molecule has 156 valence electrons. The second-order valence-electron chi connectivity index (χ2n) is 6.06. The van der Waals surface area contributed by atoms with E-state index in [0.717, 1.165) is 21.1 Å². The van der Waals surface area contributed by atoms with E-state index in [9.17, 15) is 14.4 Å². The van der Waals surface area contributed by atoms with E-state index in [4.69, 9.17) is 21.1 Å². The molecule has 1 aliphatic rings. The number of thioether (sulfide) groups is 1. The number of hydrogen-bond acceptors (Lipinski definition) is 6. The van der Waals surface area contributed by atoms with E-state index < -0.39 is 23.6 Å². The maximum Gasteiger partial charge on any atom is 0.294 e. The van der Waals surface area contributed by atoms with Gasteiger partial charge in [-0.15, -0.1) is 0 Å². The molecule has 10 heteroatoms. The van der Waals surface area contributed by atoms with Crippen molar-refractivity contribution in [1.82, 2.24) is 4.90 Å². The van der Waals surface area contributed by atoms with Crippen LogP contribution in [0.4, 0.5) is 10.5 Å². The molecule has 1 aliphatic heterocycles. The van der Waals surface area contributed by atoms with Gasteiger partial charge in [0.1, 0.15) is 18.0 Å². The number of rotatable bonds is 6. The molecule has 2 aromatic carbocycles. The molecular formula is C20H16BrClN2O5S. The summed E-state index contributed by atoms with van der Waals surface area (Å²) in [5.41, 5.74) is 1.14. The van der Waals surface area contributed by atoms with Crippen LogP contribution in [-0.2, 0) is 9.59 Å². The van der Waals surface area contributed by atoms with Gasteiger partial charge in [-0.2, -0.15) is 0 Å². The first-order valence-corrected chi connectivity index (χ1v) is 10.5. The Hall–Kier alpha value is -2.49. The minimum absolute atomic E-state index is 0.234. The third-order valence-electron chi connectivity index (χ3n) is 4.08. The number of benzene rings is 2. The highest BCUT2D eigenvalue weighted by molar-refractivity contribution is 9.10. The van der Waals surface area contributed by atoms with Gasteiger partial charge in [0.05, 0.1) is 28.6 Å². The van der Waals surface area contributed by atoms with Crippen LogP contribution < -0.4 is 14.8 Å². The first-order valence-electron chi connectivity index (χ1n) is 8.54. The van der Waals surface area contributed by atoms with Crippen LogP contribution in [0.25, 0.3) is 6.08 Å². The zero-order chi connectivity index (χ0) is 21.8. The van der Waals surface area contributed by atoms with Crippen molar-refractivity contribution >= 4 is 68.1 Å². The Balaban J connectivity index is 1.69. The summed E-state index contributed by atoms with van der Waals surface area (Å²) in [4.78, 5) is 38.3. The van der Waals surface area contributed by atoms with Crippen LogP contribution in [0, 0.1) is 0 Å². The molecule has 0 spiro atoms. The second-order valence-corrected chi connectivity index (χ2v) is 8.31. The Kier molecular flexibility index (Phi) is 7.06. The molecule has 0 bridgehead atoms. The average Bonchev–Trinajstić information content (AvgIpc) is 2.95. The third kappa shape index (κ3) is 4.97. The van der Waals surface area contributed by atoms with E-state index in [1.807, 2.05) is 0 Å². The highest BCUT2D eigenvalue weighted by atomic mass is 79.9. The highest BCUT2D eigenvalue weighted by Gasteiger charge is 2.36. The Morgan fingerprint density at radius 2 is 1.87 bits per heavy atom. The summed E-state index contributed by atoms with van der Waals surface area (Å²) >= 11 is 10.2. The maximum atomic E-state index is 12.6. The van der Waals surface area contributed by atoms with Crippen molar-refractivity contribution < 1.29 is 23.9 Å². The van der Waals surface area contributed by atoms with Crippen LogP contribution in [0.1, 0.15) is 5.56 Å². The quantitative estimate of drug-likeness (QED) is 0.561. The van der Waals surface area contributed by atoms with Crippen molar-refractivity contribution in [3.8, 4) is 11.5 Å². The molecule has 1 saturated heterocycles. The standard InChI is InChI=1S/C20H16BrClN2O5S/c1-28-15-5-3-11(7-13(15)21)8-17-19(26)24(20(27)30-17)10-18(25)23-12-4-6-16(29-2)14(22)9-12/h3-9H,10H2,1-2H3,(H,23,25)/b17-8+. The fourth-order valence-corrected chi connectivity index (χ4v) is 4.30. The van der Waals surface area contributed by atoms with E-state index >= 15 is 0 Å². The van der Waals surface area contributed by atoms with Crippen molar-refractivity contribution in [1.29, 1.82) is 0 Å². The van der Waals surface area contributed by atoms with Crippen molar-refractivity contribution in [2.75, 3.05) is 26.1 Å². The van der Waals surface area contributed by atoms with Gasteiger partial charge in [0, 0.05) is 5.69 Å². The Morgan fingerprint density at radius 1 is 1.17 bits per heavy atom. The first kappa shape index (κ1) is 22.2. The summed E-state index contributed by atoms with van der Waals surface area (Å²) in [5, 5.41) is 2.43. The predicted molar refractivity (Wildman–Crippen MR) is 120 cm³/mol. The van der Waals surface area contributed by atoms with Crippen LogP contribution in [0.5, 0.6) is 11.5 Å². The van der Waals surface area contributed by atoms with E-state index in [-0.39, 0.29) is 4.91 Å². The molecule has 7 nitrogen and oxygen atoms in total. The molecule has 1 N–H and O–H groups in total. The van der Waals surface area contributed by atoms with Crippen LogP contribution in [0.15, 0.2) is 45.8 Å². The topological polar surface area (TPSA) is 84.9 Å². The zero-order valence-electron chi connectivity index (χ0n) is 15.9. The maximum absolute atomic E-state index is 12.6. The highest BCUT2D eigenvalue weighted by Crippen LogP contribution is 2.34. The van der Waals surface area contributed by atoms with Gasteiger partial charge in [-0.05, 0) is 69.7 Å². The number of hydrogen-bond donors (Lipinski definition) is 1. The van der Waals surface area contributed by atoms with Crippen LogP contribution >= 0.6 is 39.3 Å². The Morgan fingerprint density at radius 3 is 2.50 bits per heavy atom. The number of amides is 3. The number of methoxy groups -OCH3 is 2. The number of anilines is 1. The number of nitrogens with zero attached hydrogens (tertiary/aromatic N) is 1. The van der Waals surface area contributed by atoms with Crippen LogP contribution in [-0.4, -0.2) is 42.7 Å². The zero-order valence-corrected chi connectivity index (χ0v) is 19.1. The lowest BCUT2D eigenvalue weighted by atomic mass is 10.2. The summed E-state index contributed by atoms with van der Waals surface area (Å²) in [6, 6.07) is 10.0. The Labute approximate surface area is 190 Å². The number of halogens is 2. The normalized spacial score (nSPS) is 14.9. The van der Waals surface area contributed by atoms with Crippen molar-refractivity contribution in [2.24, 2.45) is 0 Å². The van der Waals surface area contributed by atoms with E-state index in [2.05, 4.69) is 21.2 Å². The largest absolute Gasteiger partial charge is 0.496 e. The molecule has 3 amide bonds. The molecule has 1 heterocycles. The molecule has 1 fully saturated rings. The number of imide groups is 1. The van der Waals surface area contributed by atoms with Gasteiger partial charge in [0.2, 0.25) is 5.91 Å². The number of ether oxygens (including phenoxy) is 2. The van der Waals surface area contributed by atoms with Crippen LogP contribution in [0.3, 0.4) is 0 Å². The van der Waals surface area contributed by atoms with Crippen LogP contribution in [0.2, 0.25) is 5.02 Å². The minimum atomic E-state index is -0.528. The molecule has 0 radical (unpaired) electrons. The number of carbonyl (C=O) groups excluding carboxylic acids is 3. The lowest BCUT2D eigenvalue weighted by molar-refractivity contribution is -0.127. The molecule has 30 heavy (non-hydrogen) atoms. The molecule has 0 aromatic heterocycles. The lowest BCUT2D eigenvalue weighted by Gasteiger charge is -2.13. The summed E-state index contributed by atoms with van der Waals surface area (Å²) in [5.74, 6) is 0.0679. The first-order chi connectivity index (χ1) is 14.3. The van der Waals surface area contributed by atoms with E-state index in [0.29, 0.717) is 27.8 Å². The molecule has 0 unspecified atom stereocenters. The molecule has 0 aliphatic carbocycles. The summed E-state index contributed by atoms with van der Waals surface area (Å²) in [6.45, 7) is -0.405. The molecule has 3 rings (SSSR count). The van der Waals surface area contributed by atoms with Crippen molar-refractivity contribution in [2.45, 2.75) is 0 Å². The number of carbonyl (C=O) groups is 3. The predicted octanol–water partition coefficient (Wildman–Crippen LogP) is 4.79. The third-order valence-corrected chi connectivity index (χ3v) is 5.91. The van der Waals surface area contributed by atoms with Gasteiger partial charge >= 0.3 is 0 Å². The fourth-order valence-electron chi connectivity index (χ4n) is 2.65. The van der Waals surface area contributed by atoms with Gasteiger partial charge < -0.3 is 14.8 Å². The lowest BCUT2D eigenvalue weighted by Crippen LogP contribution is -2.36. The molecule has 0 saturated carbocycles.